The first-order valence-electron chi connectivity index (χ1n) is 32.3. The van der Waals surface area contributed by atoms with E-state index >= 15 is 0 Å². The molecule has 6 nitrogen and oxygen atoms in total. The molecule has 0 aromatic heterocycles. The summed E-state index contributed by atoms with van der Waals surface area (Å²) in [7, 11) is 0. The number of hydrogen-bond acceptors (Lipinski definition) is 6. The quantitative estimate of drug-likeness (QED) is 0.0261. The van der Waals surface area contributed by atoms with Crippen LogP contribution in [0.3, 0.4) is 0 Å². The number of unbranched alkanes of at least 4 members (excludes halogenated alkanes) is 22. The molecule has 0 radical (unpaired) electrons. The summed E-state index contributed by atoms with van der Waals surface area (Å²) in [6.45, 7) is 6.42. The van der Waals surface area contributed by atoms with Gasteiger partial charge in [-0.2, -0.15) is 0 Å². The molecule has 0 spiro atoms. The highest BCUT2D eigenvalue weighted by atomic mass is 16.6. The van der Waals surface area contributed by atoms with Crippen LogP contribution in [0.2, 0.25) is 0 Å². The maximum absolute atomic E-state index is 12.9. The second-order valence-electron chi connectivity index (χ2n) is 20.9. The van der Waals surface area contributed by atoms with Crippen LogP contribution in [0.4, 0.5) is 0 Å². The van der Waals surface area contributed by atoms with Gasteiger partial charge in [-0.3, -0.25) is 14.4 Å². The summed E-state index contributed by atoms with van der Waals surface area (Å²) < 4.78 is 16.8. The number of carbonyl (C=O) groups excluding carboxylic acids is 3. The first-order valence-corrected chi connectivity index (χ1v) is 32.3. The molecule has 6 heteroatoms. The molecule has 0 bridgehead atoms. The zero-order valence-corrected chi connectivity index (χ0v) is 51.1. The molecule has 0 N–H and O–H groups in total. The maximum atomic E-state index is 12.9. The Balaban J connectivity index is 4.37. The number of ether oxygens (including phenoxy) is 3. The van der Waals surface area contributed by atoms with Gasteiger partial charge >= 0.3 is 17.9 Å². The fourth-order valence-electron chi connectivity index (χ4n) is 8.51. The Labute approximate surface area is 487 Å². The van der Waals surface area contributed by atoms with E-state index in [1.165, 1.54) is 83.5 Å². The lowest BCUT2D eigenvalue weighted by molar-refractivity contribution is -0.167. The molecule has 0 saturated carbocycles. The monoisotopic (exact) mass is 1090 g/mol. The lowest BCUT2D eigenvalue weighted by Crippen LogP contribution is -2.30. The summed E-state index contributed by atoms with van der Waals surface area (Å²) in [5.74, 6) is -0.958. The second kappa shape index (κ2) is 65.8. The molecule has 0 saturated heterocycles. The van der Waals surface area contributed by atoms with E-state index in [1.54, 1.807) is 0 Å². The highest BCUT2D eigenvalue weighted by molar-refractivity contribution is 5.71. The van der Waals surface area contributed by atoms with Gasteiger partial charge in [0.1, 0.15) is 13.2 Å². The minimum atomic E-state index is -0.806. The van der Waals surface area contributed by atoms with E-state index in [1.807, 2.05) is 0 Å². The predicted molar refractivity (Wildman–Crippen MR) is 343 cm³/mol. The van der Waals surface area contributed by atoms with Gasteiger partial charge in [-0.15, -0.1) is 0 Å². The molecule has 0 aliphatic heterocycles. The van der Waals surface area contributed by atoms with Gasteiger partial charge in [0.15, 0.2) is 6.10 Å². The third-order valence-corrected chi connectivity index (χ3v) is 13.3. The van der Waals surface area contributed by atoms with E-state index in [2.05, 4.69) is 167 Å². The van der Waals surface area contributed by atoms with Crippen molar-refractivity contribution in [2.75, 3.05) is 13.2 Å². The van der Waals surface area contributed by atoms with E-state index in [0.29, 0.717) is 25.7 Å². The highest BCUT2D eigenvalue weighted by Gasteiger charge is 2.19. The number of allylic oxidation sites excluding steroid dienone is 24. The number of rotatable bonds is 57. The zero-order valence-electron chi connectivity index (χ0n) is 51.1. The molecule has 1 atom stereocenters. The average Bonchev–Trinajstić information content (AvgIpc) is 3.45. The van der Waals surface area contributed by atoms with Crippen LogP contribution >= 0.6 is 0 Å². The smallest absolute Gasteiger partial charge is 0.306 e. The van der Waals surface area contributed by atoms with Gasteiger partial charge in [0.25, 0.3) is 0 Å². The van der Waals surface area contributed by atoms with E-state index < -0.39 is 6.10 Å². The predicted octanol–water partition coefficient (Wildman–Crippen LogP) is 22.3. The van der Waals surface area contributed by atoms with Crippen molar-refractivity contribution < 1.29 is 28.6 Å². The molecule has 0 aliphatic carbocycles. The average molecular weight is 1090 g/mol. The van der Waals surface area contributed by atoms with Crippen molar-refractivity contribution in [3.05, 3.63) is 146 Å². The van der Waals surface area contributed by atoms with Crippen molar-refractivity contribution >= 4 is 17.9 Å². The fourth-order valence-corrected chi connectivity index (χ4v) is 8.51. The Morgan fingerprint density at radius 2 is 0.519 bits per heavy atom. The van der Waals surface area contributed by atoms with Crippen LogP contribution in [-0.2, 0) is 28.6 Å². The van der Waals surface area contributed by atoms with Crippen LogP contribution < -0.4 is 0 Å². The third kappa shape index (κ3) is 64.0. The lowest BCUT2D eigenvalue weighted by Gasteiger charge is -2.18. The zero-order chi connectivity index (χ0) is 57.1. The summed E-state index contributed by atoms with van der Waals surface area (Å²) in [6, 6.07) is 0. The molecule has 0 aromatic carbocycles. The summed E-state index contributed by atoms with van der Waals surface area (Å²) in [5, 5.41) is 0. The summed E-state index contributed by atoms with van der Waals surface area (Å²) in [4.78, 5) is 38.2. The van der Waals surface area contributed by atoms with Crippen molar-refractivity contribution in [3.63, 3.8) is 0 Å². The van der Waals surface area contributed by atoms with Gasteiger partial charge in [0.2, 0.25) is 0 Å². The second-order valence-corrected chi connectivity index (χ2v) is 20.9. The molecule has 0 aliphatic rings. The molecular formula is C73H118O6. The minimum absolute atomic E-state index is 0.101. The van der Waals surface area contributed by atoms with Gasteiger partial charge in [0.05, 0.1) is 0 Å². The van der Waals surface area contributed by atoms with Crippen LogP contribution in [0, 0.1) is 0 Å². The largest absolute Gasteiger partial charge is 0.462 e. The van der Waals surface area contributed by atoms with Crippen molar-refractivity contribution in [1.82, 2.24) is 0 Å². The first kappa shape index (κ1) is 74.3. The molecule has 0 rings (SSSR count). The number of esters is 3. The van der Waals surface area contributed by atoms with Crippen LogP contribution in [0.25, 0.3) is 0 Å². The van der Waals surface area contributed by atoms with Gasteiger partial charge in [-0.25, -0.2) is 0 Å². The van der Waals surface area contributed by atoms with Crippen LogP contribution in [0.5, 0.6) is 0 Å². The first-order chi connectivity index (χ1) is 39.0. The van der Waals surface area contributed by atoms with Crippen molar-refractivity contribution in [2.45, 2.75) is 284 Å². The van der Waals surface area contributed by atoms with E-state index in [4.69, 9.17) is 14.2 Å². The van der Waals surface area contributed by atoms with Gasteiger partial charge < -0.3 is 14.2 Å². The number of carbonyl (C=O) groups is 3. The van der Waals surface area contributed by atoms with Crippen LogP contribution in [-0.4, -0.2) is 37.2 Å². The van der Waals surface area contributed by atoms with Crippen molar-refractivity contribution in [3.8, 4) is 0 Å². The summed E-state index contributed by atoms with van der Waals surface area (Å²) in [5.41, 5.74) is 0. The molecule has 79 heavy (non-hydrogen) atoms. The fraction of sp³-hybridized carbons (Fsp3) is 0.630. The number of hydrogen-bond donors (Lipinski definition) is 0. The van der Waals surface area contributed by atoms with E-state index in [0.717, 1.165) is 148 Å². The molecule has 446 valence electrons. The highest BCUT2D eigenvalue weighted by Crippen LogP contribution is 2.15. The normalized spacial score (nSPS) is 13.1. The molecule has 1 unspecified atom stereocenters. The van der Waals surface area contributed by atoms with E-state index in [-0.39, 0.29) is 31.1 Å². The Bertz CT molecular complexity index is 1730. The van der Waals surface area contributed by atoms with Gasteiger partial charge in [-0.05, 0) is 122 Å². The topological polar surface area (TPSA) is 78.9 Å². The minimum Gasteiger partial charge on any atom is -0.462 e. The van der Waals surface area contributed by atoms with Crippen LogP contribution in [0.15, 0.2) is 146 Å². The standard InChI is InChI=1S/C73H118O6/c1-4-7-10-13-16-19-22-25-27-28-29-30-31-32-33-34-35-36-37-38-39-40-41-42-43-44-46-48-51-54-57-60-63-66-72(75)78-69-70(68-77-71(74)65-62-59-56-53-50-47-24-21-18-15-12-9-6-3)79-73(76)67-64-61-58-55-52-49-45-26-23-20-17-14-11-8-5-2/h7,10,12,15-16,19,21,24-25,27,29-30,32-33,35-36,38-39,41-42,44,46,51,54,70H,4-6,8-9,11,13-14,17-18,20,22-23,26,28,31,34,37,40,43,45,47-50,52-53,55-69H2,1-3H3/b10-7-,15-12-,19-16-,24-21-,27-25-,30-29-,33-32-,36-35-,39-38-,42-41-,46-44-,54-51-. The summed E-state index contributed by atoms with van der Waals surface area (Å²) in [6.07, 6.45) is 94.3. The molecule has 0 aromatic rings. The molecule has 0 amide bonds. The SMILES string of the molecule is CC/C=C\C/C=C\C/C=C\C/C=C\C/C=C\C/C=C\C/C=C\C/C=C\C/C=C\C/C=C\CCCCC(=O)OCC(COC(=O)CCCCCCC/C=C\C/C=C\CCC)OC(=O)CCCCCCCCCCCCCCCCC. The Kier molecular flexibility index (Phi) is 61.9. The Morgan fingerprint density at radius 3 is 0.848 bits per heavy atom. The third-order valence-electron chi connectivity index (χ3n) is 13.3. The molecule has 0 heterocycles. The van der Waals surface area contributed by atoms with E-state index in [9.17, 15) is 14.4 Å². The maximum Gasteiger partial charge on any atom is 0.306 e. The van der Waals surface area contributed by atoms with Crippen molar-refractivity contribution in [2.24, 2.45) is 0 Å². The molecule has 0 fully saturated rings. The lowest BCUT2D eigenvalue weighted by atomic mass is 10.0. The Morgan fingerprint density at radius 1 is 0.266 bits per heavy atom. The molecular weight excluding hydrogens is 973 g/mol. The summed E-state index contributed by atoms with van der Waals surface area (Å²) >= 11 is 0. The van der Waals surface area contributed by atoms with Crippen LogP contribution in [0.1, 0.15) is 278 Å². The van der Waals surface area contributed by atoms with Crippen molar-refractivity contribution in [1.29, 1.82) is 0 Å². The van der Waals surface area contributed by atoms with Gasteiger partial charge in [-0.1, -0.05) is 282 Å². The Hall–Kier alpha value is -4.71. The van der Waals surface area contributed by atoms with Gasteiger partial charge in [0, 0.05) is 19.3 Å².